The molecule has 0 saturated carbocycles. The third-order valence-electron chi connectivity index (χ3n) is 4.72. The summed E-state index contributed by atoms with van der Waals surface area (Å²) >= 11 is 0. The van der Waals surface area contributed by atoms with Crippen molar-refractivity contribution < 1.29 is 22.7 Å². The summed E-state index contributed by atoms with van der Waals surface area (Å²) in [5, 5.41) is 9.71. The van der Waals surface area contributed by atoms with Gasteiger partial charge in [0.2, 0.25) is 0 Å². The Hall–Kier alpha value is -3.79. The highest BCUT2D eigenvalue weighted by Crippen LogP contribution is 2.22. The SMILES string of the molecule is Cc1cn(N)c2ccc(S(C)(=O)=O)cc12.Cc1nc(-c2cccc(F)c2)ncc1C(=O)O. The number of carboxylic acid groups (broad SMARTS) is 1. The molecule has 0 aliphatic heterocycles. The Bertz CT molecular complexity index is 1430. The molecule has 0 aliphatic rings. The van der Waals surface area contributed by atoms with Crippen LogP contribution in [0.15, 0.2) is 59.8 Å². The average molecular weight is 456 g/mol. The summed E-state index contributed by atoms with van der Waals surface area (Å²) in [7, 11) is -3.15. The Morgan fingerprint density at radius 1 is 1.16 bits per heavy atom. The summed E-state index contributed by atoms with van der Waals surface area (Å²) in [6.07, 6.45) is 4.20. The summed E-state index contributed by atoms with van der Waals surface area (Å²) < 4.78 is 37.2. The van der Waals surface area contributed by atoms with E-state index in [9.17, 15) is 17.6 Å². The molecular weight excluding hydrogens is 435 g/mol. The van der Waals surface area contributed by atoms with Gasteiger partial charge in [-0.3, -0.25) is 4.68 Å². The first-order chi connectivity index (χ1) is 15.0. The Balaban J connectivity index is 0.000000182. The first kappa shape index (κ1) is 22.9. The van der Waals surface area contributed by atoms with Crippen molar-refractivity contribution in [2.75, 3.05) is 12.1 Å². The van der Waals surface area contributed by atoms with Crippen molar-refractivity contribution in [3.63, 3.8) is 0 Å². The molecule has 0 amide bonds. The standard InChI is InChI=1S/C12H9FN2O2.C10H12N2O2S/c1-7-10(12(16)17)6-14-11(15-7)8-3-2-4-9(13)5-8;1-7-6-12(11)10-4-3-8(5-9(7)10)15(2,13)14/h2-6H,1H3,(H,16,17);3-6H,11H2,1-2H3. The lowest BCUT2D eigenvalue weighted by Gasteiger charge is -2.03. The number of carboxylic acids is 1. The van der Waals surface area contributed by atoms with Crippen molar-refractivity contribution in [2.24, 2.45) is 0 Å². The minimum absolute atomic E-state index is 0.0464. The van der Waals surface area contributed by atoms with E-state index in [1.54, 1.807) is 43.5 Å². The minimum Gasteiger partial charge on any atom is -0.478 e. The number of rotatable bonds is 3. The van der Waals surface area contributed by atoms with E-state index in [4.69, 9.17) is 10.9 Å². The molecular formula is C22H21FN4O4S. The fourth-order valence-electron chi connectivity index (χ4n) is 3.08. The van der Waals surface area contributed by atoms with Gasteiger partial charge in [-0.15, -0.1) is 0 Å². The summed E-state index contributed by atoms with van der Waals surface area (Å²) in [6, 6.07) is 10.8. The molecule has 4 rings (SSSR count). The molecule has 0 fully saturated rings. The van der Waals surface area contributed by atoms with E-state index < -0.39 is 15.8 Å². The molecule has 0 radical (unpaired) electrons. The Labute approximate surface area is 184 Å². The minimum atomic E-state index is -3.15. The molecule has 2 aromatic carbocycles. The first-order valence-electron chi connectivity index (χ1n) is 9.37. The number of fused-ring (bicyclic) bond motifs is 1. The van der Waals surface area contributed by atoms with Crippen LogP contribution in [0.2, 0.25) is 0 Å². The summed E-state index contributed by atoms with van der Waals surface area (Å²) in [5.41, 5.74) is 2.72. The largest absolute Gasteiger partial charge is 0.478 e. The van der Waals surface area contributed by atoms with Crippen LogP contribution in [-0.2, 0) is 9.84 Å². The van der Waals surface area contributed by atoms with Crippen molar-refractivity contribution in [2.45, 2.75) is 18.7 Å². The Morgan fingerprint density at radius 2 is 1.88 bits per heavy atom. The van der Waals surface area contributed by atoms with Crippen LogP contribution in [0.3, 0.4) is 0 Å². The van der Waals surface area contributed by atoms with Crippen molar-refractivity contribution in [3.8, 4) is 11.4 Å². The summed E-state index contributed by atoms with van der Waals surface area (Å²) in [5.74, 6) is 4.56. The number of aromatic carboxylic acids is 1. The number of carbonyl (C=O) groups is 1. The van der Waals surface area contributed by atoms with Crippen LogP contribution in [0.5, 0.6) is 0 Å². The van der Waals surface area contributed by atoms with Gasteiger partial charge in [0, 0.05) is 29.6 Å². The highest BCUT2D eigenvalue weighted by atomic mass is 32.2. The molecule has 2 heterocycles. The molecule has 0 unspecified atom stereocenters. The van der Waals surface area contributed by atoms with Crippen LogP contribution >= 0.6 is 0 Å². The van der Waals surface area contributed by atoms with Crippen LogP contribution in [0, 0.1) is 19.7 Å². The van der Waals surface area contributed by atoms with Crippen molar-refractivity contribution >= 4 is 26.7 Å². The number of nitrogen functional groups attached to an aromatic ring is 1. The maximum atomic E-state index is 13.0. The van der Waals surface area contributed by atoms with Crippen molar-refractivity contribution in [1.29, 1.82) is 0 Å². The molecule has 0 bridgehead atoms. The Kier molecular flexibility index (Phi) is 6.26. The number of sulfone groups is 1. The zero-order valence-corrected chi connectivity index (χ0v) is 18.4. The van der Waals surface area contributed by atoms with Gasteiger partial charge in [-0.05, 0) is 49.7 Å². The summed E-state index contributed by atoms with van der Waals surface area (Å²) in [6.45, 7) is 3.48. The number of hydrogen-bond donors (Lipinski definition) is 2. The molecule has 166 valence electrons. The lowest BCUT2D eigenvalue weighted by molar-refractivity contribution is 0.0695. The molecule has 0 atom stereocenters. The fraction of sp³-hybridized carbons (Fsp3) is 0.136. The number of aromatic nitrogens is 3. The number of nitrogens with two attached hydrogens (primary N) is 1. The van der Waals surface area contributed by atoms with E-state index in [0.717, 1.165) is 16.5 Å². The van der Waals surface area contributed by atoms with Gasteiger partial charge in [0.15, 0.2) is 15.7 Å². The van der Waals surface area contributed by atoms with Gasteiger partial charge >= 0.3 is 5.97 Å². The number of hydrogen-bond acceptors (Lipinski definition) is 6. The Morgan fingerprint density at radius 3 is 2.47 bits per heavy atom. The number of halogens is 1. The van der Waals surface area contributed by atoms with Crippen LogP contribution in [0.25, 0.3) is 22.3 Å². The van der Waals surface area contributed by atoms with Crippen LogP contribution < -0.4 is 5.84 Å². The topological polar surface area (TPSA) is 128 Å². The van der Waals surface area contributed by atoms with Gasteiger partial charge in [0.05, 0.1) is 21.7 Å². The van der Waals surface area contributed by atoms with Gasteiger partial charge in [-0.25, -0.2) is 27.6 Å². The number of aryl methyl sites for hydroxylation is 2. The van der Waals surface area contributed by atoms with Crippen LogP contribution in [-0.4, -0.2) is 40.4 Å². The predicted octanol–water partition coefficient (Wildman–Crippen LogP) is 3.36. The normalized spacial score (nSPS) is 11.1. The molecule has 4 aromatic rings. The van der Waals surface area contributed by atoms with E-state index in [0.29, 0.717) is 22.0 Å². The van der Waals surface area contributed by atoms with E-state index in [2.05, 4.69) is 9.97 Å². The van der Waals surface area contributed by atoms with Gasteiger partial charge in [-0.2, -0.15) is 0 Å². The maximum absolute atomic E-state index is 13.0. The zero-order chi connectivity index (χ0) is 23.6. The second kappa shape index (κ2) is 8.75. The molecule has 8 nitrogen and oxygen atoms in total. The van der Waals surface area contributed by atoms with Gasteiger partial charge in [0.1, 0.15) is 5.82 Å². The smallest absolute Gasteiger partial charge is 0.339 e. The third-order valence-corrected chi connectivity index (χ3v) is 5.83. The molecule has 2 aromatic heterocycles. The molecule has 0 aliphatic carbocycles. The molecule has 0 saturated heterocycles. The number of benzene rings is 2. The second-order valence-electron chi connectivity index (χ2n) is 7.18. The van der Waals surface area contributed by atoms with Crippen molar-refractivity contribution in [3.05, 3.63) is 77.5 Å². The monoisotopic (exact) mass is 456 g/mol. The molecule has 3 N–H and O–H groups in total. The molecule has 10 heteroatoms. The van der Waals surface area contributed by atoms with Gasteiger partial charge in [-0.1, -0.05) is 12.1 Å². The number of nitrogens with zero attached hydrogens (tertiary/aromatic N) is 3. The first-order valence-corrected chi connectivity index (χ1v) is 11.3. The van der Waals surface area contributed by atoms with E-state index in [-0.39, 0.29) is 11.4 Å². The third kappa shape index (κ3) is 4.92. The van der Waals surface area contributed by atoms with Gasteiger partial charge < -0.3 is 10.9 Å². The van der Waals surface area contributed by atoms with Crippen LogP contribution in [0.4, 0.5) is 4.39 Å². The highest BCUT2D eigenvalue weighted by Gasteiger charge is 2.12. The average Bonchev–Trinajstić information content (AvgIpc) is 3.01. The predicted molar refractivity (Wildman–Crippen MR) is 119 cm³/mol. The fourth-order valence-corrected chi connectivity index (χ4v) is 3.73. The maximum Gasteiger partial charge on any atom is 0.339 e. The quantitative estimate of drug-likeness (QED) is 0.452. The van der Waals surface area contributed by atoms with E-state index >= 15 is 0 Å². The molecule has 0 spiro atoms. The lowest BCUT2D eigenvalue weighted by atomic mass is 10.2. The second-order valence-corrected chi connectivity index (χ2v) is 9.19. The summed E-state index contributed by atoms with van der Waals surface area (Å²) in [4.78, 5) is 19.1. The van der Waals surface area contributed by atoms with Gasteiger partial charge in [0.25, 0.3) is 0 Å². The molecule has 32 heavy (non-hydrogen) atoms. The van der Waals surface area contributed by atoms with E-state index in [1.165, 1.54) is 29.3 Å². The van der Waals surface area contributed by atoms with E-state index in [1.807, 2.05) is 6.92 Å². The zero-order valence-electron chi connectivity index (χ0n) is 17.6. The highest BCUT2D eigenvalue weighted by molar-refractivity contribution is 7.90. The van der Waals surface area contributed by atoms with Crippen LogP contribution in [0.1, 0.15) is 21.6 Å². The lowest BCUT2D eigenvalue weighted by Crippen LogP contribution is -2.05. The van der Waals surface area contributed by atoms with Crippen molar-refractivity contribution in [1.82, 2.24) is 14.6 Å².